The van der Waals surface area contributed by atoms with E-state index in [1.165, 1.54) is 24.8 Å². The minimum Gasteiger partial charge on any atom is -0.317 e. The smallest absolute Gasteiger partial charge is 0.0406 e. The lowest BCUT2D eigenvalue weighted by atomic mass is 10.0. The molecular formula is C13H20ClN. The van der Waals surface area contributed by atoms with Crippen molar-refractivity contribution in [2.45, 2.75) is 38.6 Å². The van der Waals surface area contributed by atoms with Gasteiger partial charge in [-0.15, -0.1) is 0 Å². The predicted molar refractivity (Wildman–Crippen MR) is 67.5 cm³/mol. The molecule has 0 aliphatic heterocycles. The molecule has 0 spiro atoms. The van der Waals surface area contributed by atoms with Crippen LogP contribution >= 0.6 is 11.6 Å². The van der Waals surface area contributed by atoms with Crippen LogP contribution < -0.4 is 5.32 Å². The van der Waals surface area contributed by atoms with Gasteiger partial charge < -0.3 is 5.32 Å². The first-order valence-electron chi connectivity index (χ1n) is 5.68. The third-order valence-corrected chi connectivity index (χ3v) is 3.08. The number of halogens is 1. The molecule has 2 heteroatoms. The maximum atomic E-state index is 5.83. The molecule has 0 bridgehead atoms. The highest BCUT2D eigenvalue weighted by Crippen LogP contribution is 2.12. The van der Waals surface area contributed by atoms with Crippen molar-refractivity contribution in [3.8, 4) is 0 Å². The summed E-state index contributed by atoms with van der Waals surface area (Å²) in [6.45, 7) is 2.23. The van der Waals surface area contributed by atoms with Crippen molar-refractivity contribution >= 4 is 11.6 Å². The summed E-state index contributed by atoms with van der Waals surface area (Å²) < 4.78 is 0. The molecule has 1 aromatic rings. The average molecular weight is 226 g/mol. The second-order valence-corrected chi connectivity index (χ2v) is 4.35. The van der Waals surface area contributed by atoms with Crippen LogP contribution in [-0.2, 0) is 6.42 Å². The van der Waals surface area contributed by atoms with E-state index in [1.54, 1.807) is 0 Å². The van der Waals surface area contributed by atoms with Gasteiger partial charge in [0.25, 0.3) is 0 Å². The Morgan fingerprint density at radius 2 is 1.93 bits per heavy atom. The molecule has 15 heavy (non-hydrogen) atoms. The van der Waals surface area contributed by atoms with Crippen LogP contribution in [0.4, 0.5) is 0 Å². The van der Waals surface area contributed by atoms with Gasteiger partial charge >= 0.3 is 0 Å². The van der Waals surface area contributed by atoms with Crippen LogP contribution in [0.25, 0.3) is 0 Å². The summed E-state index contributed by atoms with van der Waals surface area (Å²) >= 11 is 5.83. The Bertz CT molecular complexity index is 264. The van der Waals surface area contributed by atoms with Crippen molar-refractivity contribution in [2.75, 3.05) is 7.05 Å². The van der Waals surface area contributed by atoms with Crippen LogP contribution in [-0.4, -0.2) is 13.1 Å². The molecule has 0 amide bonds. The summed E-state index contributed by atoms with van der Waals surface area (Å²) in [5.41, 5.74) is 1.38. The molecule has 1 rings (SSSR count). The highest BCUT2D eigenvalue weighted by molar-refractivity contribution is 6.30. The Balaban J connectivity index is 2.28. The van der Waals surface area contributed by atoms with Crippen molar-refractivity contribution in [2.24, 2.45) is 0 Å². The van der Waals surface area contributed by atoms with Crippen molar-refractivity contribution in [3.05, 3.63) is 34.9 Å². The number of benzene rings is 1. The van der Waals surface area contributed by atoms with Crippen molar-refractivity contribution in [3.63, 3.8) is 0 Å². The van der Waals surface area contributed by atoms with Crippen molar-refractivity contribution < 1.29 is 0 Å². The third-order valence-electron chi connectivity index (χ3n) is 2.83. The van der Waals surface area contributed by atoms with E-state index >= 15 is 0 Å². The Morgan fingerprint density at radius 3 is 2.47 bits per heavy atom. The Kier molecular flexibility index (Phi) is 5.74. The first-order chi connectivity index (χ1) is 7.26. The summed E-state index contributed by atoms with van der Waals surface area (Å²) in [6.07, 6.45) is 4.84. The number of aryl methyl sites for hydroxylation is 1. The van der Waals surface area contributed by atoms with Crippen LogP contribution in [0.15, 0.2) is 24.3 Å². The Hall–Kier alpha value is -0.530. The van der Waals surface area contributed by atoms with E-state index < -0.39 is 0 Å². The van der Waals surface area contributed by atoms with Crippen molar-refractivity contribution in [1.82, 2.24) is 5.32 Å². The lowest BCUT2D eigenvalue weighted by Crippen LogP contribution is -2.23. The van der Waals surface area contributed by atoms with E-state index in [1.807, 2.05) is 19.2 Å². The average Bonchev–Trinajstić information content (AvgIpc) is 2.27. The Labute approximate surface area is 97.8 Å². The minimum absolute atomic E-state index is 0.664. The molecule has 0 heterocycles. The molecule has 0 radical (unpaired) electrons. The third kappa shape index (κ3) is 4.67. The minimum atomic E-state index is 0.664. The molecule has 1 N–H and O–H groups in total. The molecule has 1 aromatic carbocycles. The predicted octanol–water partition coefficient (Wildman–Crippen LogP) is 3.66. The molecule has 84 valence electrons. The molecule has 1 unspecified atom stereocenters. The summed E-state index contributed by atoms with van der Waals surface area (Å²) in [6, 6.07) is 8.82. The van der Waals surface area contributed by atoms with Gasteiger partial charge in [0.1, 0.15) is 0 Å². The number of hydrogen-bond acceptors (Lipinski definition) is 1. The fourth-order valence-electron chi connectivity index (χ4n) is 1.76. The Morgan fingerprint density at radius 1 is 1.27 bits per heavy atom. The fraction of sp³-hybridized carbons (Fsp3) is 0.538. The second kappa shape index (κ2) is 6.86. The van der Waals surface area contributed by atoms with E-state index in [9.17, 15) is 0 Å². The zero-order valence-electron chi connectivity index (χ0n) is 9.59. The normalized spacial score (nSPS) is 12.7. The van der Waals surface area contributed by atoms with Crippen LogP contribution in [0.1, 0.15) is 31.7 Å². The summed E-state index contributed by atoms with van der Waals surface area (Å²) in [5, 5.41) is 4.15. The van der Waals surface area contributed by atoms with E-state index in [0.29, 0.717) is 6.04 Å². The van der Waals surface area contributed by atoms with Crippen LogP contribution in [0.3, 0.4) is 0 Å². The topological polar surface area (TPSA) is 12.0 Å². The van der Waals surface area contributed by atoms with Crippen LogP contribution in [0.2, 0.25) is 5.02 Å². The van der Waals surface area contributed by atoms with E-state index in [0.717, 1.165) is 11.4 Å². The fourth-order valence-corrected chi connectivity index (χ4v) is 1.88. The van der Waals surface area contributed by atoms with Crippen LogP contribution in [0, 0.1) is 0 Å². The molecule has 1 nitrogen and oxygen atoms in total. The molecule has 0 fully saturated rings. The molecule has 0 saturated carbocycles. The van der Waals surface area contributed by atoms with E-state index in [2.05, 4.69) is 24.4 Å². The van der Waals surface area contributed by atoms with E-state index in [-0.39, 0.29) is 0 Å². The lowest BCUT2D eigenvalue weighted by molar-refractivity contribution is 0.492. The zero-order valence-corrected chi connectivity index (χ0v) is 10.3. The van der Waals surface area contributed by atoms with Gasteiger partial charge in [0.2, 0.25) is 0 Å². The maximum Gasteiger partial charge on any atom is 0.0406 e. The van der Waals surface area contributed by atoms with Crippen molar-refractivity contribution in [1.29, 1.82) is 0 Å². The first kappa shape index (κ1) is 12.5. The van der Waals surface area contributed by atoms with Gasteiger partial charge in [0, 0.05) is 11.1 Å². The second-order valence-electron chi connectivity index (χ2n) is 3.91. The van der Waals surface area contributed by atoms with Gasteiger partial charge in [0.05, 0.1) is 0 Å². The quantitative estimate of drug-likeness (QED) is 0.779. The zero-order chi connectivity index (χ0) is 11.1. The van der Waals surface area contributed by atoms with E-state index in [4.69, 9.17) is 11.6 Å². The molecule has 0 aromatic heterocycles. The van der Waals surface area contributed by atoms with Gasteiger partial charge in [-0.05, 0) is 50.4 Å². The highest BCUT2D eigenvalue weighted by atomic mass is 35.5. The molecule has 0 saturated heterocycles. The largest absolute Gasteiger partial charge is 0.317 e. The summed E-state index contributed by atoms with van der Waals surface area (Å²) in [7, 11) is 2.04. The SMILES string of the molecule is CCC(CCCc1ccc(Cl)cc1)NC. The standard InChI is InChI=1S/C13H20ClN/c1-3-13(15-2)6-4-5-11-7-9-12(14)10-8-11/h7-10,13,15H,3-6H2,1-2H3. The number of rotatable bonds is 6. The lowest BCUT2D eigenvalue weighted by Gasteiger charge is -2.13. The van der Waals surface area contributed by atoms with Crippen LogP contribution in [0.5, 0.6) is 0 Å². The molecular weight excluding hydrogens is 206 g/mol. The van der Waals surface area contributed by atoms with Gasteiger partial charge in [0.15, 0.2) is 0 Å². The molecule has 0 aliphatic carbocycles. The monoisotopic (exact) mass is 225 g/mol. The number of nitrogens with one attached hydrogen (secondary N) is 1. The highest BCUT2D eigenvalue weighted by Gasteiger charge is 2.02. The maximum absolute atomic E-state index is 5.83. The van der Waals surface area contributed by atoms with Gasteiger partial charge in [-0.2, -0.15) is 0 Å². The summed E-state index contributed by atoms with van der Waals surface area (Å²) in [4.78, 5) is 0. The van der Waals surface area contributed by atoms with Gasteiger partial charge in [-0.1, -0.05) is 30.7 Å². The number of hydrogen-bond donors (Lipinski definition) is 1. The van der Waals surface area contributed by atoms with Gasteiger partial charge in [-0.3, -0.25) is 0 Å². The van der Waals surface area contributed by atoms with Gasteiger partial charge in [-0.25, -0.2) is 0 Å². The first-order valence-corrected chi connectivity index (χ1v) is 6.05. The summed E-state index contributed by atoms with van der Waals surface area (Å²) in [5.74, 6) is 0. The molecule has 1 atom stereocenters. The molecule has 0 aliphatic rings.